The summed E-state index contributed by atoms with van der Waals surface area (Å²) in [6, 6.07) is 12.7. The summed E-state index contributed by atoms with van der Waals surface area (Å²) >= 11 is 0. The number of nitrogens with zero attached hydrogens (tertiary/aromatic N) is 1. The molecule has 7 heteroatoms. The molecule has 0 aromatic heterocycles. The molecule has 0 bridgehead atoms. The molecule has 0 amide bonds. The Morgan fingerprint density at radius 1 is 1.24 bits per heavy atom. The van der Waals surface area contributed by atoms with Crippen LogP contribution in [-0.2, 0) is 14.6 Å². The van der Waals surface area contributed by atoms with Crippen molar-refractivity contribution >= 4 is 15.8 Å². The fraction of sp³-hybridized carbons (Fsp3) is 0.222. The van der Waals surface area contributed by atoms with Crippen LogP contribution in [0.4, 0.5) is 4.39 Å². The van der Waals surface area contributed by atoms with Crippen LogP contribution >= 0.6 is 0 Å². The number of benzene rings is 2. The minimum atomic E-state index is -4.08. The molecular weight excluding hydrogens is 345 g/mol. The van der Waals surface area contributed by atoms with Gasteiger partial charge in [0, 0.05) is 5.92 Å². The molecule has 3 unspecified atom stereocenters. The molecule has 128 valence electrons. The van der Waals surface area contributed by atoms with E-state index in [9.17, 15) is 28.0 Å². The van der Waals surface area contributed by atoms with Gasteiger partial charge in [-0.2, -0.15) is 5.26 Å². The molecule has 0 radical (unpaired) electrons. The highest BCUT2D eigenvalue weighted by Gasteiger charge is 2.77. The third-order valence-corrected chi connectivity index (χ3v) is 6.81. The highest BCUT2D eigenvalue weighted by Crippen LogP contribution is 2.64. The van der Waals surface area contributed by atoms with E-state index in [1.165, 1.54) is 30.3 Å². The van der Waals surface area contributed by atoms with Crippen LogP contribution in [0.25, 0.3) is 0 Å². The summed E-state index contributed by atoms with van der Waals surface area (Å²) < 4.78 is 39.4. The van der Waals surface area contributed by atoms with Crippen molar-refractivity contribution in [2.45, 2.75) is 23.0 Å². The van der Waals surface area contributed by atoms with Gasteiger partial charge in [-0.3, -0.25) is 4.79 Å². The number of carbonyl (C=O) groups is 1. The number of aryl methyl sites for hydroxylation is 1. The van der Waals surface area contributed by atoms with Gasteiger partial charge in [0.25, 0.3) is 0 Å². The molecule has 2 aromatic carbocycles. The molecule has 0 heterocycles. The van der Waals surface area contributed by atoms with Crippen LogP contribution in [0, 0.1) is 29.5 Å². The van der Waals surface area contributed by atoms with Crippen LogP contribution in [0.1, 0.15) is 17.0 Å². The van der Waals surface area contributed by atoms with Gasteiger partial charge in [0.15, 0.2) is 15.3 Å². The summed E-state index contributed by atoms with van der Waals surface area (Å²) in [6.07, 6.45) is 0. The maximum atomic E-state index is 13.5. The Bertz CT molecular complexity index is 994. The highest BCUT2D eigenvalue weighted by atomic mass is 32.2. The first-order valence-electron chi connectivity index (χ1n) is 7.46. The van der Waals surface area contributed by atoms with E-state index in [0.29, 0.717) is 0 Å². The van der Waals surface area contributed by atoms with E-state index in [1.54, 1.807) is 25.1 Å². The Kier molecular flexibility index (Phi) is 3.88. The SMILES string of the molecule is Cc1ccc(S(=O)(=O)C2C(c3cccc(F)c3)C2(C#N)C(=O)O)cc1. The molecule has 5 nitrogen and oxygen atoms in total. The van der Waals surface area contributed by atoms with Crippen LogP contribution in [0.3, 0.4) is 0 Å². The lowest BCUT2D eigenvalue weighted by Gasteiger charge is -2.05. The molecule has 3 atom stereocenters. The highest BCUT2D eigenvalue weighted by molar-refractivity contribution is 7.92. The number of aliphatic carboxylic acids is 1. The van der Waals surface area contributed by atoms with Gasteiger partial charge < -0.3 is 5.11 Å². The second kappa shape index (κ2) is 5.67. The van der Waals surface area contributed by atoms with Crippen molar-refractivity contribution in [3.63, 3.8) is 0 Å². The average Bonchev–Trinajstić information content (AvgIpc) is 3.27. The maximum absolute atomic E-state index is 13.5. The van der Waals surface area contributed by atoms with Crippen LogP contribution in [0.15, 0.2) is 53.4 Å². The monoisotopic (exact) mass is 359 g/mol. The summed E-state index contributed by atoms with van der Waals surface area (Å²) in [4.78, 5) is 11.7. The van der Waals surface area contributed by atoms with E-state index in [4.69, 9.17) is 0 Å². The van der Waals surface area contributed by atoms with Crippen LogP contribution < -0.4 is 0 Å². The number of nitriles is 1. The number of carboxylic acid groups (broad SMARTS) is 1. The Hall–Kier alpha value is -2.72. The van der Waals surface area contributed by atoms with Gasteiger partial charge in [-0.1, -0.05) is 29.8 Å². The molecule has 1 saturated carbocycles. The first-order chi connectivity index (χ1) is 11.7. The van der Waals surface area contributed by atoms with E-state index in [2.05, 4.69) is 0 Å². The first kappa shape index (κ1) is 17.1. The van der Waals surface area contributed by atoms with Crippen LogP contribution in [0.2, 0.25) is 0 Å². The summed E-state index contributed by atoms with van der Waals surface area (Å²) in [5.41, 5.74) is -1.09. The minimum absolute atomic E-state index is 0.0529. The zero-order valence-electron chi connectivity index (χ0n) is 13.2. The van der Waals surface area contributed by atoms with Crippen molar-refractivity contribution in [2.75, 3.05) is 0 Å². The molecule has 25 heavy (non-hydrogen) atoms. The molecule has 3 rings (SSSR count). The fourth-order valence-electron chi connectivity index (χ4n) is 3.23. The van der Waals surface area contributed by atoms with E-state index in [0.717, 1.165) is 11.6 Å². The van der Waals surface area contributed by atoms with Gasteiger partial charge in [-0.25, -0.2) is 12.8 Å². The number of hydrogen-bond donors (Lipinski definition) is 1. The lowest BCUT2D eigenvalue weighted by Crippen LogP contribution is -2.22. The van der Waals surface area contributed by atoms with Crippen molar-refractivity contribution in [2.24, 2.45) is 5.41 Å². The van der Waals surface area contributed by atoms with Crippen molar-refractivity contribution in [3.05, 3.63) is 65.5 Å². The standard InChI is InChI=1S/C18H14FNO4S/c1-11-5-7-14(8-6-11)25(23,24)16-15(18(16,10-20)17(21)22)12-3-2-4-13(19)9-12/h2-9,15-16H,1H3,(H,21,22). The second-order valence-electron chi connectivity index (χ2n) is 6.10. The van der Waals surface area contributed by atoms with E-state index < -0.39 is 38.2 Å². The number of hydrogen-bond acceptors (Lipinski definition) is 4. The predicted octanol–water partition coefficient (Wildman–Crippen LogP) is 2.67. The van der Waals surface area contributed by atoms with E-state index in [-0.39, 0.29) is 10.5 Å². The van der Waals surface area contributed by atoms with Crippen LogP contribution in [-0.4, -0.2) is 24.7 Å². The van der Waals surface area contributed by atoms with Gasteiger partial charge in [-0.15, -0.1) is 0 Å². The zero-order chi connectivity index (χ0) is 18.4. The molecule has 0 saturated heterocycles. The lowest BCUT2D eigenvalue weighted by molar-refractivity contribution is -0.141. The molecule has 1 N–H and O–H groups in total. The molecule has 0 spiro atoms. The van der Waals surface area contributed by atoms with Crippen molar-refractivity contribution in [1.82, 2.24) is 0 Å². The average molecular weight is 359 g/mol. The van der Waals surface area contributed by atoms with Gasteiger partial charge in [0.05, 0.1) is 11.0 Å². The molecular formula is C18H14FNO4S. The Labute approximate surface area is 144 Å². The van der Waals surface area contributed by atoms with Crippen molar-refractivity contribution < 1.29 is 22.7 Å². The molecule has 1 fully saturated rings. The third kappa shape index (κ3) is 2.50. The Morgan fingerprint density at radius 3 is 2.40 bits per heavy atom. The van der Waals surface area contributed by atoms with Gasteiger partial charge >= 0.3 is 5.97 Å². The van der Waals surface area contributed by atoms with E-state index >= 15 is 0 Å². The minimum Gasteiger partial charge on any atom is -0.480 e. The molecule has 1 aliphatic rings. The fourth-order valence-corrected chi connectivity index (χ4v) is 5.48. The normalized spacial score (nSPS) is 25.2. The van der Waals surface area contributed by atoms with Gasteiger partial charge in [0.2, 0.25) is 0 Å². The van der Waals surface area contributed by atoms with Gasteiger partial charge in [-0.05, 0) is 36.8 Å². The zero-order valence-corrected chi connectivity index (χ0v) is 14.0. The number of sulfone groups is 1. The number of rotatable bonds is 4. The third-order valence-electron chi connectivity index (χ3n) is 4.56. The van der Waals surface area contributed by atoms with E-state index in [1.807, 2.05) is 0 Å². The maximum Gasteiger partial charge on any atom is 0.326 e. The van der Waals surface area contributed by atoms with Crippen molar-refractivity contribution in [3.8, 4) is 6.07 Å². The predicted molar refractivity (Wildman–Crippen MR) is 87.0 cm³/mol. The number of halogens is 1. The quantitative estimate of drug-likeness (QED) is 0.905. The Balaban J connectivity index is 2.14. The van der Waals surface area contributed by atoms with Gasteiger partial charge in [0.1, 0.15) is 11.1 Å². The largest absolute Gasteiger partial charge is 0.480 e. The summed E-state index contributed by atoms with van der Waals surface area (Å²) in [7, 11) is -4.08. The summed E-state index contributed by atoms with van der Waals surface area (Å²) in [6.45, 7) is 1.79. The smallest absolute Gasteiger partial charge is 0.326 e. The first-order valence-corrected chi connectivity index (χ1v) is 9.00. The topological polar surface area (TPSA) is 95.2 Å². The van der Waals surface area contributed by atoms with Crippen molar-refractivity contribution in [1.29, 1.82) is 5.26 Å². The number of carboxylic acids is 1. The lowest BCUT2D eigenvalue weighted by atomic mass is 10.0. The molecule has 2 aromatic rings. The summed E-state index contributed by atoms with van der Waals surface area (Å²) in [5, 5.41) is 17.5. The second-order valence-corrected chi connectivity index (χ2v) is 8.17. The summed E-state index contributed by atoms with van der Waals surface area (Å²) in [5.74, 6) is -3.27. The van der Waals surface area contributed by atoms with Crippen LogP contribution in [0.5, 0.6) is 0 Å². The molecule has 1 aliphatic carbocycles. The Morgan fingerprint density at radius 2 is 1.88 bits per heavy atom. The molecule has 0 aliphatic heterocycles.